The van der Waals surface area contributed by atoms with Gasteiger partial charge in [-0.25, -0.2) is 0 Å². The first-order chi connectivity index (χ1) is 11.6. The van der Waals surface area contributed by atoms with Crippen molar-refractivity contribution in [2.75, 3.05) is 23.9 Å². The van der Waals surface area contributed by atoms with Crippen LogP contribution in [0.5, 0.6) is 0 Å². The summed E-state index contributed by atoms with van der Waals surface area (Å²) in [5.74, 6) is 0.692. The predicted octanol–water partition coefficient (Wildman–Crippen LogP) is 4.19. The molecule has 4 heteroatoms. The van der Waals surface area contributed by atoms with Gasteiger partial charge in [-0.05, 0) is 42.5 Å². The van der Waals surface area contributed by atoms with Gasteiger partial charge in [0.25, 0.3) is 5.91 Å². The van der Waals surface area contributed by atoms with E-state index in [2.05, 4.69) is 0 Å². The smallest absolute Gasteiger partial charge is 0.258 e. The van der Waals surface area contributed by atoms with Gasteiger partial charge in [-0.1, -0.05) is 24.3 Å². The number of carbonyl (C=O) groups excluding carboxylic acids is 1. The van der Waals surface area contributed by atoms with E-state index in [4.69, 9.17) is 4.42 Å². The summed E-state index contributed by atoms with van der Waals surface area (Å²) in [6, 6.07) is 21.0. The van der Waals surface area contributed by atoms with Gasteiger partial charge in [0.2, 0.25) is 0 Å². The molecule has 0 unspecified atom stereocenters. The molecule has 0 aliphatic heterocycles. The Morgan fingerprint density at radius 2 is 1.67 bits per heavy atom. The third-order valence-electron chi connectivity index (χ3n) is 3.82. The van der Waals surface area contributed by atoms with Gasteiger partial charge in [0.05, 0.1) is 12.8 Å². The summed E-state index contributed by atoms with van der Waals surface area (Å²) in [4.78, 5) is 16.8. The first-order valence-corrected chi connectivity index (χ1v) is 7.82. The second kappa shape index (κ2) is 7.04. The molecule has 4 nitrogen and oxygen atoms in total. The maximum absolute atomic E-state index is 13.1. The molecule has 0 radical (unpaired) electrons. The second-order valence-corrected chi connectivity index (χ2v) is 5.75. The van der Waals surface area contributed by atoms with E-state index >= 15 is 0 Å². The third kappa shape index (κ3) is 3.49. The minimum Gasteiger partial charge on any atom is -0.467 e. The maximum Gasteiger partial charge on any atom is 0.258 e. The average molecular weight is 320 g/mol. The molecule has 2 aromatic carbocycles. The molecule has 0 aliphatic rings. The molecule has 0 aliphatic carbocycles. The molecule has 3 aromatic rings. The Morgan fingerprint density at radius 1 is 0.917 bits per heavy atom. The lowest BCUT2D eigenvalue weighted by molar-refractivity contribution is 0.0983. The van der Waals surface area contributed by atoms with Crippen LogP contribution in [0.1, 0.15) is 16.1 Å². The number of para-hydroxylation sites is 1. The molecule has 1 amide bonds. The van der Waals surface area contributed by atoms with Gasteiger partial charge >= 0.3 is 0 Å². The number of rotatable bonds is 5. The quantitative estimate of drug-likeness (QED) is 0.707. The topological polar surface area (TPSA) is 36.7 Å². The molecule has 0 atom stereocenters. The molecule has 0 N–H and O–H groups in total. The highest BCUT2D eigenvalue weighted by atomic mass is 16.3. The standard InChI is InChI=1S/C20H20N2O2/c1-21(2)18-11-6-8-16(14-18)20(23)22(15-19-12-7-13-24-19)17-9-4-3-5-10-17/h3-14H,15H2,1-2H3. The molecule has 24 heavy (non-hydrogen) atoms. The van der Waals surface area contributed by atoms with E-state index < -0.39 is 0 Å². The van der Waals surface area contributed by atoms with Crippen LogP contribution in [0, 0.1) is 0 Å². The first kappa shape index (κ1) is 15.9. The number of hydrogen-bond donors (Lipinski definition) is 0. The zero-order valence-corrected chi connectivity index (χ0v) is 13.8. The van der Waals surface area contributed by atoms with Gasteiger partial charge in [-0.15, -0.1) is 0 Å². The van der Waals surface area contributed by atoms with Crippen molar-refractivity contribution in [3.8, 4) is 0 Å². The fourth-order valence-corrected chi connectivity index (χ4v) is 2.52. The summed E-state index contributed by atoms with van der Waals surface area (Å²) in [6.07, 6.45) is 1.62. The van der Waals surface area contributed by atoms with Crippen LogP contribution in [0.15, 0.2) is 77.4 Å². The van der Waals surface area contributed by atoms with Gasteiger partial charge in [-0.3, -0.25) is 4.79 Å². The van der Waals surface area contributed by atoms with Crippen LogP contribution in [-0.4, -0.2) is 20.0 Å². The van der Waals surface area contributed by atoms with Crippen molar-refractivity contribution < 1.29 is 9.21 Å². The van der Waals surface area contributed by atoms with Crippen molar-refractivity contribution in [3.05, 3.63) is 84.3 Å². The van der Waals surface area contributed by atoms with Gasteiger partial charge in [-0.2, -0.15) is 0 Å². The van der Waals surface area contributed by atoms with E-state index in [1.54, 1.807) is 11.2 Å². The van der Waals surface area contributed by atoms with Crippen LogP contribution < -0.4 is 9.80 Å². The van der Waals surface area contributed by atoms with Crippen LogP contribution >= 0.6 is 0 Å². The van der Waals surface area contributed by atoms with Gasteiger partial charge < -0.3 is 14.2 Å². The second-order valence-electron chi connectivity index (χ2n) is 5.75. The lowest BCUT2D eigenvalue weighted by Crippen LogP contribution is -2.30. The van der Waals surface area contributed by atoms with E-state index in [-0.39, 0.29) is 5.91 Å². The predicted molar refractivity (Wildman–Crippen MR) is 96.4 cm³/mol. The molecular weight excluding hydrogens is 300 g/mol. The first-order valence-electron chi connectivity index (χ1n) is 7.82. The zero-order chi connectivity index (χ0) is 16.9. The van der Waals surface area contributed by atoms with Crippen molar-refractivity contribution in [2.24, 2.45) is 0 Å². The number of furan rings is 1. The number of hydrogen-bond acceptors (Lipinski definition) is 3. The minimum absolute atomic E-state index is 0.0544. The van der Waals surface area contributed by atoms with Crippen molar-refractivity contribution >= 4 is 17.3 Å². The molecule has 0 saturated heterocycles. The van der Waals surface area contributed by atoms with Crippen molar-refractivity contribution in [1.82, 2.24) is 0 Å². The lowest BCUT2D eigenvalue weighted by Gasteiger charge is -2.23. The van der Waals surface area contributed by atoms with E-state index in [0.717, 1.165) is 17.1 Å². The van der Waals surface area contributed by atoms with E-state index in [1.165, 1.54) is 0 Å². The fraction of sp³-hybridized carbons (Fsp3) is 0.150. The van der Waals surface area contributed by atoms with Gasteiger partial charge in [0.1, 0.15) is 5.76 Å². The number of benzene rings is 2. The minimum atomic E-state index is -0.0544. The van der Waals surface area contributed by atoms with Crippen LogP contribution in [-0.2, 0) is 6.54 Å². The molecule has 0 spiro atoms. The summed E-state index contributed by atoms with van der Waals surface area (Å²) in [6.45, 7) is 0.391. The van der Waals surface area contributed by atoms with Gasteiger partial charge in [0, 0.05) is 31.0 Å². The van der Waals surface area contributed by atoms with Crippen molar-refractivity contribution in [2.45, 2.75) is 6.54 Å². The molecular formula is C20H20N2O2. The zero-order valence-electron chi connectivity index (χ0n) is 13.8. The molecule has 122 valence electrons. The number of amides is 1. The number of nitrogens with zero attached hydrogens (tertiary/aromatic N) is 2. The molecule has 1 aromatic heterocycles. The fourth-order valence-electron chi connectivity index (χ4n) is 2.52. The van der Waals surface area contributed by atoms with Crippen molar-refractivity contribution in [3.63, 3.8) is 0 Å². The SMILES string of the molecule is CN(C)c1cccc(C(=O)N(Cc2ccco2)c2ccccc2)c1. The Balaban J connectivity index is 1.95. The molecule has 0 bridgehead atoms. The Morgan fingerprint density at radius 3 is 2.33 bits per heavy atom. The molecule has 0 fully saturated rings. The van der Waals surface area contributed by atoms with Crippen molar-refractivity contribution in [1.29, 1.82) is 0 Å². The highest BCUT2D eigenvalue weighted by Crippen LogP contribution is 2.22. The normalized spacial score (nSPS) is 10.4. The molecule has 3 rings (SSSR count). The molecule has 1 heterocycles. The lowest BCUT2D eigenvalue weighted by atomic mass is 10.1. The van der Waals surface area contributed by atoms with E-state index in [1.807, 2.05) is 85.7 Å². The van der Waals surface area contributed by atoms with Crippen LogP contribution in [0.4, 0.5) is 11.4 Å². The third-order valence-corrected chi connectivity index (χ3v) is 3.82. The van der Waals surface area contributed by atoms with Crippen LogP contribution in [0.3, 0.4) is 0 Å². The van der Waals surface area contributed by atoms with Crippen LogP contribution in [0.2, 0.25) is 0 Å². The summed E-state index contributed by atoms with van der Waals surface area (Å²) in [5.41, 5.74) is 2.48. The highest BCUT2D eigenvalue weighted by molar-refractivity contribution is 6.06. The largest absolute Gasteiger partial charge is 0.467 e. The summed E-state index contributed by atoms with van der Waals surface area (Å²) in [5, 5.41) is 0. The van der Waals surface area contributed by atoms with Gasteiger partial charge in [0.15, 0.2) is 0 Å². The summed E-state index contributed by atoms with van der Waals surface area (Å²) < 4.78 is 5.43. The van der Waals surface area contributed by atoms with Crippen LogP contribution in [0.25, 0.3) is 0 Å². The maximum atomic E-state index is 13.1. The summed E-state index contributed by atoms with van der Waals surface area (Å²) in [7, 11) is 3.92. The summed E-state index contributed by atoms with van der Waals surface area (Å²) >= 11 is 0. The highest BCUT2D eigenvalue weighted by Gasteiger charge is 2.19. The van der Waals surface area contributed by atoms with E-state index in [0.29, 0.717) is 12.1 Å². The number of carbonyl (C=O) groups is 1. The Bertz CT molecular complexity index is 796. The molecule has 0 saturated carbocycles. The monoisotopic (exact) mass is 320 g/mol. The Hall–Kier alpha value is -3.01. The average Bonchev–Trinajstić information content (AvgIpc) is 3.13. The Labute approximate surface area is 141 Å². The Kier molecular flexibility index (Phi) is 4.66. The number of anilines is 2. The van der Waals surface area contributed by atoms with E-state index in [9.17, 15) is 4.79 Å².